The quantitative estimate of drug-likeness (QED) is 0.489. The van der Waals surface area contributed by atoms with Gasteiger partial charge in [0.25, 0.3) is 11.8 Å². The zero-order valence-electron chi connectivity index (χ0n) is 16.9. The van der Waals surface area contributed by atoms with Gasteiger partial charge < -0.3 is 14.2 Å². The van der Waals surface area contributed by atoms with Gasteiger partial charge in [0.15, 0.2) is 11.5 Å². The molecule has 4 rings (SSSR count). The Kier molecular flexibility index (Phi) is 5.76. The molecule has 30 heavy (non-hydrogen) atoms. The van der Waals surface area contributed by atoms with Crippen molar-refractivity contribution in [2.75, 3.05) is 14.2 Å². The number of hydrogen-bond donors (Lipinski definition) is 0. The van der Waals surface area contributed by atoms with Crippen LogP contribution in [0, 0.1) is 0 Å². The van der Waals surface area contributed by atoms with E-state index < -0.39 is 23.8 Å². The predicted octanol–water partition coefficient (Wildman–Crippen LogP) is 3.98. The topological polar surface area (TPSA) is 82.1 Å². The van der Waals surface area contributed by atoms with E-state index in [0.717, 1.165) is 30.6 Å². The molecule has 0 N–H and O–H groups in total. The van der Waals surface area contributed by atoms with Gasteiger partial charge in [0.1, 0.15) is 0 Å². The molecule has 1 aliphatic heterocycles. The molecule has 7 nitrogen and oxygen atoms in total. The first-order chi connectivity index (χ1) is 14.5. The fraction of sp³-hybridized carbons (Fsp3) is 0.409. The van der Waals surface area contributed by atoms with Crippen LogP contribution in [-0.2, 0) is 9.53 Å². The molecule has 1 aromatic carbocycles. The van der Waals surface area contributed by atoms with Gasteiger partial charge >= 0.3 is 5.97 Å². The monoisotopic (exact) mass is 429 g/mol. The minimum atomic E-state index is -0.799. The van der Waals surface area contributed by atoms with Crippen LogP contribution in [0.3, 0.4) is 0 Å². The Morgan fingerprint density at radius 1 is 1.10 bits per heavy atom. The van der Waals surface area contributed by atoms with E-state index in [-0.39, 0.29) is 12.5 Å². The molecule has 1 aromatic heterocycles. The van der Waals surface area contributed by atoms with Crippen molar-refractivity contribution in [2.24, 2.45) is 0 Å². The lowest BCUT2D eigenvalue weighted by atomic mass is 10.0. The predicted molar refractivity (Wildman–Crippen MR) is 110 cm³/mol. The van der Waals surface area contributed by atoms with Crippen molar-refractivity contribution in [2.45, 2.75) is 44.2 Å². The summed E-state index contributed by atoms with van der Waals surface area (Å²) < 4.78 is 16.4. The highest BCUT2D eigenvalue weighted by Gasteiger charge is 2.42. The summed E-state index contributed by atoms with van der Waals surface area (Å²) in [6.07, 6.45) is 4.16. The molecule has 2 amide bonds. The van der Waals surface area contributed by atoms with Crippen molar-refractivity contribution in [3.05, 3.63) is 45.6 Å². The van der Waals surface area contributed by atoms with Crippen LogP contribution in [-0.4, -0.2) is 43.0 Å². The Labute approximate surface area is 178 Å². The molecule has 2 aromatic rings. The second kappa shape index (κ2) is 8.47. The third kappa shape index (κ3) is 3.67. The highest BCUT2D eigenvalue weighted by molar-refractivity contribution is 7.08. The molecule has 0 bridgehead atoms. The van der Waals surface area contributed by atoms with Gasteiger partial charge in [0.05, 0.1) is 43.9 Å². The Bertz CT molecular complexity index is 947. The summed E-state index contributed by atoms with van der Waals surface area (Å²) in [7, 11) is 2.85. The van der Waals surface area contributed by atoms with E-state index in [9.17, 15) is 14.4 Å². The number of carbonyl (C=O) groups is 3. The molecule has 2 heterocycles. The third-order valence-electron chi connectivity index (χ3n) is 5.63. The van der Waals surface area contributed by atoms with Gasteiger partial charge in [0.2, 0.25) is 0 Å². The summed E-state index contributed by atoms with van der Waals surface area (Å²) in [5.41, 5.74) is 1.36. The summed E-state index contributed by atoms with van der Waals surface area (Å²) in [6.45, 7) is 0. The number of carbonyl (C=O) groups excluding carboxylic acids is 3. The fourth-order valence-electron chi connectivity index (χ4n) is 4.04. The number of thiophene rings is 1. The maximum atomic E-state index is 12.9. The van der Waals surface area contributed by atoms with E-state index >= 15 is 0 Å². The molecule has 1 unspecified atom stereocenters. The number of nitrogens with zero attached hydrogens (tertiary/aromatic N) is 1. The van der Waals surface area contributed by atoms with Crippen LogP contribution in [0.1, 0.15) is 64.4 Å². The molecule has 0 radical (unpaired) electrons. The summed E-state index contributed by atoms with van der Waals surface area (Å²) >= 11 is 1.31. The molecule has 2 aliphatic rings. The first kappa shape index (κ1) is 20.4. The zero-order valence-corrected chi connectivity index (χ0v) is 17.7. The van der Waals surface area contributed by atoms with Crippen molar-refractivity contribution < 1.29 is 28.6 Å². The highest BCUT2D eigenvalue weighted by atomic mass is 32.1. The lowest BCUT2D eigenvalue weighted by Crippen LogP contribution is -2.35. The third-order valence-corrected chi connectivity index (χ3v) is 6.37. The Balaban J connectivity index is 1.70. The maximum absolute atomic E-state index is 12.9. The maximum Gasteiger partial charge on any atom is 0.307 e. The van der Waals surface area contributed by atoms with Crippen molar-refractivity contribution in [3.63, 3.8) is 0 Å². The van der Waals surface area contributed by atoms with Crippen LogP contribution >= 0.6 is 11.3 Å². The first-order valence-corrected chi connectivity index (χ1v) is 10.8. The van der Waals surface area contributed by atoms with Crippen LogP contribution in [0.2, 0.25) is 0 Å². The normalized spacial score (nSPS) is 17.2. The van der Waals surface area contributed by atoms with Gasteiger partial charge in [-0.15, -0.1) is 0 Å². The highest BCUT2D eigenvalue weighted by Crippen LogP contribution is 2.39. The number of amides is 2. The second-order valence-electron chi connectivity index (χ2n) is 7.41. The number of imide groups is 1. The Hall–Kier alpha value is -2.87. The standard InChI is InChI=1S/C22H23NO6S/c1-27-18-8-7-13(9-19(18)29-14-5-3-4-6-14)17(10-20(24)28-2)23-21(25)15-11-30-12-16(15)22(23)26/h7-9,11-12,14,17H,3-6,10H2,1-2H3. The molecule has 8 heteroatoms. The van der Waals surface area contributed by atoms with Crippen LogP contribution < -0.4 is 9.47 Å². The fourth-order valence-corrected chi connectivity index (χ4v) is 4.84. The Morgan fingerprint density at radius 2 is 1.77 bits per heavy atom. The minimum Gasteiger partial charge on any atom is -0.493 e. The summed E-state index contributed by atoms with van der Waals surface area (Å²) in [5.74, 6) is -0.201. The summed E-state index contributed by atoms with van der Waals surface area (Å²) in [6, 6.07) is 4.45. The molecule has 0 spiro atoms. The molecule has 158 valence electrons. The smallest absolute Gasteiger partial charge is 0.307 e. The van der Waals surface area contributed by atoms with Gasteiger partial charge in [-0.2, -0.15) is 11.3 Å². The van der Waals surface area contributed by atoms with E-state index in [1.165, 1.54) is 18.4 Å². The van der Waals surface area contributed by atoms with Crippen molar-refractivity contribution in [1.29, 1.82) is 0 Å². The number of esters is 1. The van der Waals surface area contributed by atoms with E-state index in [0.29, 0.717) is 28.2 Å². The van der Waals surface area contributed by atoms with Crippen LogP contribution in [0.5, 0.6) is 11.5 Å². The number of methoxy groups -OCH3 is 2. The van der Waals surface area contributed by atoms with Gasteiger partial charge in [0, 0.05) is 10.8 Å². The molecule has 1 saturated carbocycles. The van der Waals surface area contributed by atoms with Gasteiger partial charge in [-0.1, -0.05) is 6.07 Å². The van der Waals surface area contributed by atoms with Crippen LogP contribution in [0.4, 0.5) is 0 Å². The summed E-state index contributed by atoms with van der Waals surface area (Å²) in [5, 5.41) is 3.32. The zero-order chi connectivity index (χ0) is 21.3. The largest absolute Gasteiger partial charge is 0.493 e. The number of benzene rings is 1. The van der Waals surface area contributed by atoms with Gasteiger partial charge in [-0.25, -0.2) is 0 Å². The average molecular weight is 429 g/mol. The molecular weight excluding hydrogens is 406 g/mol. The van der Waals surface area contributed by atoms with E-state index in [1.807, 2.05) is 0 Å². The lowest BCUT2D eigenvalue weighted by molar-refractivity contribution is -0.141. The second-order valence-corrected chi connectivity index (χ2v) is 8.15. The minimum absolute atomic E-state index is 0.106. The number of hydrogen-bond acceptors (Lipinski definition) is 7. The van der Waals surface area contributed by atoms with Crippen LogP contribution in [0.15, 0.2) is 29.0 Å². The van der Waals surface area contributed by atoms with E-state index in [1.54, 1.807) is 36.1 Å². The number of ether oxygens (including phenoxy) is 3. The van der Waals surface area contributed by atoms with Crippen molar-refractivity contribution >= 4 is 29.1 Å². The number of fused-ring (bicyclic) bond motifs is 1. The molecular formula is C22H23NO6S. The van der Waals surface area contributed by atoms with Crippen molar-refractivity contribution in [1.82, 2.24) is 4.90 Å². The molecule has 1 atom stereocenters. The number of rotatable bonds is 7. The van der Waals surface area contributed by atoms with Crippen LogP contribution in [0.25, 0.3) is 0 Å². The van der Waals surface area contributed by atoms with Gasteiger partial charge in [-0.3, -0.25) is 19.3 Å². The van der Waals surface area contributed by atoms with Crippen molar-refractivity contribution in [3.8, 4) is 11.5 Å². The molecule has 0 saturated heterocycles. The summed E-state index contributed by atoms with van der Waals surface area (Å²) in [4.78, 5) is 39.2. The molecule has 1 aliphatic carbocycles. The Morgan fingerprint density at radius 3 is 2.37 bits per heavy atom. The lowest BCUT2D eigenvalue weighted by Gasteiger charge is -2.27. The van der Waals surface area contributed by atoms with Gasteiger partial charge in [-0.05, 0) is 43.4 Å². The van der Waals surface area contributed by atoms with E-state index in [2.05, 4.69) is 0 Å². The average Bonchev–Trinajstić information content (AvgIpc) is 3.48. The first-order valence-electron chi connectivity index (χ1n) is 9.89. The SMILES string of the molecule is COC(=O)CC(c1ccc(OC)c(OC2CCCC2)c1)N1C(=O)c2cscc2C1=O. The van der Waals surface area contributed by atoms with E-state index in [4.69, 9.17) is 14.2 Å². The molecule has 1 fully saturated rings.